The Morgan fingerprint density at radius 3 is 2.62 bits per heavy atom. The molecule has 1 saturated heterocycles. The molecule has 0 aliphatic carbocycles. The first-order chi connectivity index (χ1) is 12.7. The molecule has 6 heteroatoms. The minimum atomic E-state index is -0.251. The Bertz CT molecular complexity index is 884. The number of amides is 1. The Morgan fingerprint density at radius 1 is 1.23 bits per heavy atom. The smallest absolute Gasteiger partial charge is 0.264 e. The number of nitriles is 1. The molecule has 1 heterocycles. The molecule has 1 N–H and O–H groups in total. The van der Waals surface area contributed by atoms with Crippen LogP contribution in [0.15, 0.2) is 64.5 Å². The van der Waals surface area contributed by atoms with Crippen molar-refractivity contribution >= 4 is 28.9 Å². The van der Waals surface area contributed by atoms with Crippen LogP contribution in [0.4, 0.5) is 0 Å². The van der Waals surface area contributed by atoms with Crippen molar-refractivity contribution in [3.63, 3.8) is 0 Å². The highest BCUT2D eigenvalue weighted by Gasteiger charge is 2.23. The second-order valence-electron chi connectivity index (χ2n) is 5.58. The standard InChI is InChI=1S/C20H17N3O2S/c1-2-17(15-6-4-3-5-7-15)25-16-10-8-14(9-11-16)12-18-19(24)23-20(26-18)22-13-21/h3-12,17H,2H2,1H3,(H,22,23,24). The predicted octanol–water partition coefficient (Wildman–Crippen LogP) is 4.26. The Balaban J connectivity index is 1.71. The summed E-state index contributed by atoms with van der Waals surface area (Å²) in [6.07, 6.45) is 4.30. The normalized spacial score (nSPS) is 17.8. The van der Waals surface area contributed by atoms with Crippen molar-refractivity contribution in [3.8, 4) is 11.9 Å². The van der Waals surface area contributed by atoms with Gasteiger partial charge in [0.25, 0.3) is 5.91 Å². The summed E-state index contributed by atoms with van der Waals surface area (Å²) in [6, 6.07) is 17.7. The van der Waals surface area contributed by atoms with E-state index in [0.717, 1.165) is 35.1 Å². The molecule has 0 aromatic heterocycles. The molecule has 0 spiro atoms. The molecule has 2 aromatic carbocycles. The molecule has 26 heavy (non-hydrogen) atoms. The lowest BCUT2D eigenvalue weighted by Gasteiger charge is -2.18. The SMILES string of the molecule is CCC(Oc1ccc(C=C2SC(=NC#N)NC2=O)cc1)c1ccccc1. The van der Waals surface area contributed by atoms with Gasteiger partial charge in [-0.1, -0.05) is 49.4 Å². The Hall–Kier alpha value is -3.04. The number of benzene rings is 2. The van der Waals surface area contributed by atoms with E-state index >= 15 is 0 Å². The van der Waals surface area contributed by atoms with E-state index in [1.807, 2.05) is 42.5 Å². The Labute approximate surface area is 156 Å². The molecule has 3 rings (SSSR count). The topological polar surface area (TPSA) is 74.5 Å². The molecule has 1 unspecified atom stereocenters. The number of rotatable bonds is 5. The number of carbonyl (C=O) groups excluding carboxylic acids is 1. The van der Waals surface area contributed by atoms with Crippen molar-refractivity contribution in [2.45, 2.75) is 19.4 Å². The Morgan fingerprint density at radius 2 is 1.96 bits per heavy atom. The number of hydrogen-bond acceptors (Lipinski definition) is 5. The van der Waals surface area contributed by atoms with Crippen molar-refractivity contribution in [1.82, 2.24) is 5.32 Å². The van der Waals surface area contributed by atoms with Gasteiger partial charge in [-0.2, -0.15) is 5.26 Å². The molecule has 1 aliphatic rings. The van der Waals surface area contributed by atoms with Gasteiger partial charge in [-0.05, 0) is 47.5 Å². The fourth-order valence-corrected chi connectivity index (χ4v) is 3.32. The van der Waals surface area contributed by atoms with Crippen molar-refractivity contribution in [2.75, 3.05) is 0 Å². The molecule has 5 nitrogen and oxygen atoms in total. The molecule has 0 saturated carbocycles. The van der Waals surface area contributed by atoms with Crippen LogP contribution in [-0.2, 0) is 4.79 Å². The molecular formula is C20H17N3O2S. The summed E-state index contributed by atoms with van der Waals surface area (Å²) in [5, 5.41) is 11.4. The molecule has 0 bridgehead atoms. The lowest BCUT2D eigenvalue weighted by molar-refractivity contribution is -0.115. The number of nitrogens with zero attached hydrogens (tertiary/aromatic N) is 2. The van der Waals surface area contributed by atoms with Crippen molar-refractivity contribution < 1.29 is 9.53 Å². The summed E-state index contributed by atoms with van der Waals surface area (Å²) in [7, 11) is 0. The lowest BCUT2D eigenvalue weighted by Crippen LogP contribution is -2.19. The van der Waals surface area contributed by atoms with Crippen molar-refractivity contribution in [2.24, 2.45) is 4.99 Å². The maximum absolute atomic E-state index is 11.9. The monoisotopic (exact) mass is 363 g/mol. The van der Waals surface area contributed by atoms with Gasteiger partial charge in [-0.3, -0.25) is 10.1 Å². The third kappa shape index (κ3) is 4.32. The average molecular weight is 363 g/mol. The highest BCUT2D eigenvalue weighted by Crippen LogP contribution is 2.28. The van der Waals surface area contributed by atoms with Crippen LogP contribution in [-0.4, -0.2) is 11.1 Å². The number of aliphatic imine (C=N–C) groups is 1. The molecule has 2 aromatic rings. The molecule has 1 aliphatic heterocycles. The van der Waals surface area contributed by atoms with E-state index < -0.39 is 0 Å². The van der Waals surface area contributed by atoms with Gasteiger partial charge in [0.15, 0.2) is 5.17 Å². The molecule has 130 valence electrons. The van der Waals surface area contributed by atoms with E-state index in [9.17, 15) is 4.79 Å². The third-order valence-corrected chi connectivity index (χ3v) is 4.71. The molecule has 0 radical (unpaired) electrons. The fourth-order valence-electron chi connectivity index (χ4n) is 2.54. The average Bonchev–Trinajstić information content (AvgIpc) is 3.01. The first kappa shape index (κ1) is 17.8. The molecular weight excluding hydrogens is 346 g/mol. The van der Waals surface area contributed by atoms with Crippen LogP contribution in [0.2, 0.25) is 0 Å². The van der Waals surface area contributed by atoms with Crippen LogP contribution >= 0.6 is 11.8 Å². The molecule has 1 fully saturated rings. The van der Waals surface area contributed by atoms with E-state index in [1.165, 1.54) is 0 Å². The first-order valence-corrected chi connectivity index (χ1v) is 9.00. The third-order valence-electron chi connectivity index (χ3n) is 3.80. The van der Waals surface area contributed by atoms with E-state index in [2.05, 4.69) is 29.4 Å². The highest BCUT2D eigenvalue weighted by atomic mass is 32.2. The number of nitrogens with one attached hydrogen (secondary N) is 1. The second kappa shape index (κ2) is 8.37. The highest BCUT2D eigenvalue weighted by molar-refractivity contribution is 8.18. The largest absolute Gasteiger partial charge is 0.486 e. The number of hydrogen-bond donors (Lipinski definition) is 1. The maximum atomic E-state index is 11.9. The van der Waals surface area contributed by atoms with Crippen LogP contribution in [0.5, 0.6) is 5.75 Å². The van der Waals surface area contributed by atoms with Crippen LogP contribution in [0.3, 0.4) is 0 Å². The predicted molar refractivity (Wildman–Crippen MR) is 103 cm³/mol. The number of thioether (sulfide) groups is 1. The van der Waals surface area contributed by atoms with Gasteiger partial charge in [0.2, 0.25) is 6.19 Å². The van der Waals surface area contributed by atoms with Gasteiger partial charge in [0.1, 0.15) is 11.9 Å². The van der Waals surface area contributed by atoms with Crippen LogP contribution in [0, 0.1) is 11.5 Å². The lowest BCUT2D eigenvalue weighted by atomic mass is 10.1. The van der Waals surface area contributed by atoms with Gasteiger partial charge < -0.3 is 4.74 Å². The van der Waals surface area contributed by atoms with Crippen LogP contribution in [0.1, 0.15) is 30.6 Å². The van der Waals surface area contributed by atoms with E-state index in [4.69, 9.17) is 10.00 Å². The fraction of sp³-hybridized carbons (Fsp3) is 0.150. The summed E-state index contributed by atoms with van der Waals surface area (Å²) in [5.74, 6) is 0.526. The zero-order chi connectivity index (χ0) is 18.4. The van der Waals surface area contributed by atoms with Gasteiger partial charge in [-0.15, -0.1) is 4.99 Å². The van der Waals surface area contributed by atoms with E-state index in [-0.39, 0.29) is 12.0 Å². The number of ether oxygens (including phenoxy) is 1. The van der Waals surface area contributed by atoms with Crippen LogP contribution in [0.25, 0.3) is 6.08 Å². The number of carbonyl (C=O) groups is 1. The summed E-state index contributed by atoms with van der Waals surface area (Å²) in [5.41, 5.74) is 2.02. The zero-order valence-corrected chi connectivity index (χ0v) is 15.0. The summed E-state index contributed by atoms with van der Waals surface area (Å²) >= 11 is 1.15. The van der Waals surface area contributed by atoms with Crippen molar-refractivity contribution in [1.29, 1.82) is 5.26 Å². The molecule has 1 atom stereocenters. The maximum Gasteiger partial charge on any atom is 0.264 e. The van der Waals surface area contributed by atoms with Gasteiger partial charge in [0.05, 0.1) is 4.91 Å². The quantitative estimate of drug-likeness (QED) is 0.636. The van der Waals surface area contributed by atoms with Crippen molar-refractivity contribution in [3.05, 3.63) is 70.6 Å². The van der Waals surface area contributed by atoms with E-state index in [0.29, 0.717) is 10.1 Å². The summed E-state index contributed by atoms with van der Waals surface area (Å²) in [6.45, 7) is 2.09. The Kier molecular flexibility index (Phi) is 5.72. The molecule has 1 amide bonds. The van der Waals surface area contributed by atoms with Crippen LogP contribution < -0.4 is 10.1 Å². The second-order valence-corrected chi connectivity index (χ2v) is 6.61. The van der Waals surface area contributed by atoms with Gasteiger partial charge >= 0.3 is 0 Å². The minimum absolute atomic E-state index is 0.00122. The first-order valence-electron chi connectivity index (χ1n) is 8.19. The van der Waals surface area contributed by atoms with Gasteiger partial charge in [-0.25, -0.2) is 0 Å². The van der Waals surface area contributed by atoms with E-state index in [1.54, 1.807) is 12.3 Å². The van der Waals surface area contributed by atoms with Gasteiger partial charge in [0, 0.05) is 0 Å². The zero-order valence-electron chi connectivity index (χ0n) is 14.2. The number of amidine groups is 1. The summed E-state index contributed by atoms with van der Waals surface area (Å²) < 4.78 is 6.08. The summed E-state index contributed by atoms with van der Waals surface area (Å²) in [4.78, 5) is 15.9. The minimum Gasteiger partial charge on any atom is -0.486 e.